The fraction of sp³-hybridized carbons (Fsp3) is 0.318. The van der Waals surface area contributed by atoms with Gasteiger partial charge in [0.25, 0.3) is 5.91 Å². The number of hydrogen-bond donors (Lipinski definition) is 1. The molecule has 3 heterocycles. The number of nitrogens with zero attached hydrogens (tertiary/aromatic N) is 4. The number of carbonyl (C=O) groups is 1. The van der Waals surface area contributed by atoms with Crippen molar-refractivity contribution in [1.82, 2.24) is 24.5 Å². The van der Waals surface area contributed by atoms with Gasteiger partial charge in [-0.2, -0.15) is 11.8 Å². The average Bonchev–Trinajstić information content (AvgIpc) is 3.34. The van der Waals surface area contributed by atoms with Gasteiger partial charge in [0.1, 0.15) is 0 Å². The molecule has 1 unspecified atom stereocenters. The number of nitrogens with one attached hydrogen (secondary N) is 1. The molecule has 1 atom stereocenters. The van der Waals surface area contributed by atoms with Crippen molar-refractivity contribution < 1.29 is 4.79 Å². The summed E-state index contributed by atoms with van der Waals surface area (Å²) >= 11 is 1.75. The van der Waals surface area contributed by atoms with Crippen LogP contribution in [0, 0.1) is 0 Å². The van der Waals surface area contributed by atoms with E-state index in [1.807, 2.05) is 47.0 Å². The highest BCUT2D eigenvalue weighted by Gasteiger charge is 2.21. The molecule has 1 amide bonds. The Balaban J connectivity index is 1.64. The summed E-state index contributed by atoms with van der Waals surface area (Å²) in [6.07, 6.45) is 6.85. The molecule has 0 spiro atoms. The highest BCUT2D eigenvalue weighted by atomic mass is 32.2. The van der Waals surface area contributed by atoms with Gasteiger partial charge in [-0.05, 0) is 68.0 Å². The van der Waals surface area contributed by atoms with E-state index in [4.69, 9.17) is 0 Å². The molecule has 0 fully saturated rings. The first-order valence-electron chi connectivity index (χ1n) is 9.78. The number of carbonyl (C=O) groups excluding carboxylic acids is 1. The molecule has 4 aromatic rings. The zero-order valence-corrected chi connectivity index (χ0v) is 17.7. The minimum Gasteiger partial charge on any atom is -0.345 e. The van der Waals surface area contributed by atoms with Crippen LogP contribution in [0.2, 0.25) is 0 Å². The molecule has 150 valence electrons. The van der Waals surface area contributed by atoms with E-state index < -0.39 is 0 Å². The second kappa shape index (κ2) is 8.29. The van der Waals surface area contributed by atoms with E-state index in [1.54, 1.807) is 11.8 Å². The number of hydrogen-bond acceptors (Lipinski definition) is 4. The zero-order chi connectivity index (χ0) is 20.4. The summed E-state index contributed by atoms with van der Waals surface area (Å²) in [5, 5.41) is 12.9. The van der Waals surface area contributed by atoms with E-state index in [9.17, 15) is 4.79 Å². The summed E-state index contributed by atoms with van der Waals surface area (Å²) in [7, 11) is 0. The van der Waals surface area contributed by atoms with Gasteiger partial charge in [0.2, 0.25) is 0 Å². The second-order valence-electron chi connectivity index (χ2n) is 7.38. The molecule has 1 aromatic carbocycles. The third-order valence-electron chi connectivity index (χ3n) is 5.11. The lowest BCUT2D eigenvalue weighted by atomic mass is 10.1. The van der Waals surface area contributed by atoms with E-state index in [0.717, 1.165) is 34.5 Å². The van der Waals surface area contributed by atoms with Gasteiger partial charge in [-0.25, -0.2) is 0 Å². The number of rotatable bonds is 7. The maximum atomic E-state index is 13.1. The number of pyridine rings is 1. The zero-order valence-electron chi connectivity index (χ0n) is 16.9. The Morgan fingerprint density at radius 2 is 2.00 bits per heavy atom. The maximum Gasteiger partial charge on any atom is 0.251 e. The first-order valence-corrected chi connectivity index (χ1v) is 11.2. The van der Waals surface area contributed by atoms with Crippen LogP contribution in [0.3, 0.4) is 0 Å². The largest absolute Gasteiger partial charge is 0.345 e. The summed E-state index contributed by atoms with van der Waals surface area (Å²) in [4.78, 5) is 13.1. The van der Waals surface area contributed by atoms with Crippen LogP contribution in [0.5, 0.6) is 0 Å². The van der Waals surface area contributed by atoms with Crippen LogP contribution >= 0.6 is 11.8 Å². The molecule has 0 aliphatic carbocycles. The predicted octanol–water partition coefficient (Wildman–Crippen LogP) is 4.49. The lowest BCUT2D eigenvalue weighted by molar-refractivity contribution is 0.0934. The standard InChI is InChI=1S/C22H25N5OS/c1-15(2)26-12-9-16-7-8-17(14-19(16)26)22(28)23-18(10-13-29-3)21-25-24-20-6-4-5-11-27(20)21/h4-9,11-12,14-15,18H,10,13H2,1-3H3,(H,23,28). The summed E-state index contributed by atoms with van der Waals surface area (Å²) in [6.45, 7) is 4.28. The molecular weight excluding hydrogens is 382 g/mol. The van der Waals surface area contributed by atoms with Crippen molar-refractivity contribution in [3.63, 3.8) is 0 Å². The van der Waals surface area contributed by atoms with Crippen molar-refractivity contribution in [2.75, 3.05) is 12.0 Å². The number of aromatic nitrogens is 4. The number of amides is 1. The van der Waals surface area contributed by atoms with Crippen LogP contribution in [0.15, 0.2) is 54.9 Å². The summed E-state index contributed by atoms with van der Waals surface area (Å²) < 4.78 is 4.13. The van der Waals surface area contributed by atoms with Crippen molar-refractivity contribution in [3.8, 4) is 0 Å². The van der Waals surface area contributed by atoms with E-state index in [-0.39, 0.29) is 11.9 Å². The van der Waals surface area contributed by atoms with Crippen molar-refractivity contribution in [3.05, 3.63) is 66.2 Å². The second-order valence-corrected chi connectivity index (χ2v) is 8.37. The molecule has 1 N–H and O–H groups in total. The maximum absolute atomic E-state index is 13.1. The SMILES string of the molecule is CSCCC(NC(=O)c1ccc2ccn(C(C)C)c2c1)c1nnc2ccccn12. The molecule has 0 aliphatic rings. The predicted molar refractivity (Wildman–Crippen MR) is 119 cm³/mol. The highest BCUT2D eigenvalue weighted by Crippen LogP contribution is 2.23. The molecular formula is C22H25N5OS. The minimum absolute atomic E-state index is 0.0952. The van der Waals surface area contributed by atoms with Crippen LogP contribution in [0.25, 0.3) is 16.6 Å². The summed E-state index contributed by atoms with van der Waals surface area (Å²) in [5.41, 5.74) is 2.50. The lowest BCUT2D eigenvalue weighted by Crippen LogP contribution is -2.30. The molecule has 7 heteroatoms. The van der Waals surface area contributed by atoms with Crippen LogP contribution in [0.4, 0.5) is 0 Å². The molecule has 0 saturated carbocycles. The Morgan fingerprint density at radius 3 is 2.79 bits per heavy atom. The van der Waals surface area contributed by atoms with Crippen LogP contribution in [-0.4, -0.2) is 37.1 Å². The van der Waals surface area contributed by atoms with Crippen molar-refractivity contribution >= 4 is 34.2 Å². The van der Waals surface area contributed by atoms with E-state index >= 15 is 0 Å². The van der Waals surface area contributed by atoms with Gasteiger partial charge in [0.05, 0.1) is 6.04 Å². The molecule has 29 heavy (non-hydrogen) atoms. The molecule has 0 bridgehead atoms. The van der Waals surface area contributed by atoms with Crippen LogP contribution in [0.1, 0.15) is 48.5 Å². The van der Waals surface area contributed by atoms with E-state index in [2.05, 4.69) is 52.4 Å². The van der Waals surface area contributed by atoms with Crippen LogP contribution in [-0.2, 0) is 0 Å². The Morgan fingerprint density at radius 1 is 1.14 bits per heavy atom. The molecule has 4 rings (SSSR count). The molecule has 3 aromatic heterocycles. The summed E-state index contributed by atoms with van der Waals surface area (Å²) in [5.74, 6) is 1.58. The Kier molecular flexibility index (Phi) is 5.58. The lowest BCUT2D eigenvalue weighted by Gasteiger charge is -2.17. The number of benzene rings is 1. The molecule has 0 radical (unpaired) electrons. The third kappa shape index (κ3) is 3.87. The highest BCUT2D eigenvalue weighted by molar-refractivity contribution is 7.98. The first-order chi connectivity index (χ1) is 14.1. The van der Waals surface area contributed by atoms with E-state index in [0.29, 0.717) is 11.6 Å². The fourth-order valence-corrected chi connectivity index (χ4v) is 4.05. The minimum atomic E-state index is -0.208. The smallest absolute Gasteiger partial charge is 0.251 e. The molecule has 0 saturated heterocycles. The molecule has 6 nitrogen and oxygen atoms in total. The normalized spacial score (nSPS) is 12.7. The third-order valence-corrected chi connectivity index (χ3v) is 5.75. The van der Waals surface area contributed by atoms with Crippen molar-refractivity contribution in [2.24, 2.45) is 0 Å². The van der Waals surface area contributed by atoms with E-state index in [1.165, 1.54) is 0 Å². The van der Waals surface area contributed by atoms with Gasteiger partial charge < -0.3 is 9.88 Å². The van der Waals surface area contributed by atoms with Crippen LogP contribution < -0.4 is 5.32 Å². The Labute approximate surface area is 174 Å². The van der Waals surface area contributed by atoms with Gasteiger partial charge in [0.15, 0.2) is 11.5 Å². The van der Waals surface area contributed by atoms with Gasteiger partial charge >= 0.3 is 0 Å². The van der Waals surface area contributed by atoms with Crippen molar-refractivity contribution in [1.29, 1.82) is 0 Å². The molecule has 0 aliphatic heterocycles. The van der Waals surface area contributed by atoms with Gasteiger partial charge in [-0.15, -0.1) is 10.2 Å². The first kappa shape index (κ1) is 19.5. The fourth-order valence-electron chi connectivity index (χ4n) is 3.58. The topological polar surface area (TPSA) is 64.2 Å². The summed E-state index contributed by atoms with van der Waals surface area (Å²) in [6, 6.07) is 13.9. The van der Waals surface area contributed by atoms with Gasteiger partial charge in [-0.3, -0.25) is 9.20 Å². The van der Waals surface area contributed by atoms with Gasteiger partial charge in [0, 0.05) is 29.5 Å². The Hall–Kier alpha value is -2.80. The number of fused-ring (bicyclic) bond motifs is 2. The van der Waals surface area contributed by atoms with Crippen molar-refractivity contribution in [2.45, 2.75) is 32.4 Å². The van der Waals surface area contributed by atoms with Gasteiger partial charge in [-0.1, -0.05) is 12.1 Å². The Bertz CT molecular complexity index is 1150. The monoisotopic (exact) mass is 407 g/mol. The number of thioether (sulfide) groups is 1. The average molecular weight is 408 g/mol. The quantitative estimate of drug-likeness (QED) is 0.490.